The summed E-state index contributed by atoms with van der Waals surface area (Å²) in [5.74, 6) is 4.70. The van der Waals surface area contributed by atoms with Crippen LogP contribution >= 0.6 is 0 Å². The van der Waals surface area contributed by atoms with Crippen molar-refractivity contribution < 1.29 is 19.4 Å². The number of carboxylic acid groups (broad SMARTS) is 1. The number of carbonyl (C=O) groups excluding carboxylic acids is 1. The third kappa shape index (κ3) is 6.99. The second-order valence-electron chi connectivity index (χ2n) is 6.26. The minimum Gasteiger partial charge on any atom is -0.478 e. The first kappa shape index (κ1) is 20.3. The van der Waals surface area contributed by atoms with Crippen LogP contribution in [-0.4, -0.2) is 23.7 Å². The Kier molecular flexibility index (Phi) is 8.12. The Morgan fingerprint density at radius 3 is 1.85 bits per heavy atom. The molecule has 140 valence electrons. The van der Waals surface area contributed by atoms with Gasteiger partial charge in [0.25, 0.3) is 0 Å². The average Bonchev–Trinajstić information content (AvgIpc) is 2.69. The Balaban J connectivity index is 1.86. The van der Waals surface area contributed by atoms with Crippen LogP contribution in [-0.2, 0) is 4.74 Å². The molecule has 0 fully saturated rings. The third-order valence-electron chi connectivity index (χ3n) is 4.08. The molecule has 0 heterocycles. The average molecular weight is 364 g/mol. The molecule has 0 unspecified atom stereocenters. The van der Waals surface area contributed by atoms with E-state index < -0.39 is 5.97 Å². The number of carbonyl (C=O) groups is 2. The van der Waals surface area contributed by atoms with Crippen LogP contribution in [0.3, 0.4) is 0 Å². The van der Waals surface area contributed by atoms with E-state index in [9.17, 15) is 9.59 Å². The lowest BCUT2D eigenvalue weighted by atomic mass is 10.1. The van der Waals surface area contributed by atoms with Gasteiger partial charge in [-0.3, -0.25) is 0 Å². The molecule has 2 rings (SSSR count). The van der Waals surface area contributed by atoms with Crippen molar-refractivity contribution in [1.29, 1.82) is 0 Å². The second kappa shape index (κ2) is 10.8. The molecule has 0 aliphatic heterocycles. The zero-order valence-electron chi connectivity index (χ0n) is 15.5. The van der Waals surface area contributed by atoms with Crippen molar-refractivity contribution in [3.05, 3.63) is 70.8 Å². The van der Waals surface area contributed by atoms with E-state index in [4.69, 9.17) is 9.84 Å². The molecule has 0 bridgehead atoms. The number of ether oxygens (including phenoxy) is 1. The van der Waals surface area contributed by atoms with Crippen LogP contribution in [0.15, 0.2) is 48.5 Å². The molecule has 2 aromatic carbocycles. The van der Waals surface area contributed by atoms with Crippen molar-refractivity contribution >= 4 is 11.9 Å². The standard InChI is InChI=1S/C23H24O4/c1-2-3-4-5-6-17-27-23(26)21-15-11-19(12-16-21)8-7-18-9-13-20(14-10-18)22(24)25/h9-16H,2-6,17H2,1H3,(H,24,25). The third-order valence-corrected chi connectivity index (χ3v) is 4.08. The SMILES string of the molecule is CCCCCCCOC(=O)c1ccc(C#Cc2ccc(C(=O)O)cc2)cc1. The predicted octanol–water partition coefficient (Wildman–Crippen LogP) is 4.91. The number of esters is 1. The van der Waals surface area contributed by atoms with E-state index in [0.29, 0.717) is 12.2 Å². The van der Waals surface area contributed by atoms with Crippen LogP contribution in [0.4, 0.5) is 0 Å². The lowest BCUT2D eigenvalue weighted by Gasteiger charge is -2.04. The van der Waals surface area contributed by atoms with Crippen molar-refractivity contribution in [3.8, 4) is 11.8 Å². The molecule has 0 aliphatic rings. The van der Waals surface area contributed by atoms with Crippen LogP contribution < -0.4 is 0 Å². The van der Waals surface area contributed by atoms with Crippen molar-refractivity contribution in [3.63, 3.8) is 0 Å². The molecule has 0 aromatic heterocycles. The van der Waals surface area contributed by atoms with Crippen molar-refractivity contribution in [2.75, 3.05) is 6.61 Å². The Bertz CT molecular complexity index is 808. The quantitative estimate of drug-likeness (QED) is 0.411. The van der Waals surface area contributed by atoms with E-state index in [1.807, 2.05) is 0 Å². The minimum atomic E-state index is -0.960. The Morgan fingerprint density at radius 1 is 0.815 bits per heavy atom. The highest BCUT2D eigenvalue weighted by Crippen LogP contribution is 2.08. The molecule has 0 radical (unpaired) electrons. The number of unbranched alkanes of at least 4 members (excludes halogenated alkanes) is 4. The van der Waals surface area contributed by atoms with Crippen LogP contribution in [0, 0.1) is 11.8 Å². The summed E-state index contributed by atoms with van der Waals surface area (Å²) in [6, 6.07) is 13.3. The molecule has 0 spiro atoms. The molecular formula is C23H24O4. The summed E-state index contributed by atoms with van der Waals surface area (Å²) < 4.78 is 5.29. The number of hydrogen-bond donors (Lipinski definition) is 1. The zero-order valence-corrected chi connectivity index (χ0v) is 15.5. The number of benzene rings is 2. The Hall–Kier alpha value is -3.06. The van der Waals surface area contributed by atoms with Crippen molar-refractivity contribution in [2.24, 2.45) is 0 Å². The molecule has 2 aromatic rings. The summed E-state index contributed by atoms with van der Waals surface area (Å²) in [6.45, 7) is 2.62. The molecule has 1 N–H and O–H groups in total. The highest BCUT2D eigenvalue weighted by Gasteiger charge is 2.06. The van der Waals surface area contributed by atoms with E-state index in [1.165, 1.54) is 31.4 Å². The Labute approximate surface area is 160 Å². The monoisotopic (exact) mass is 364 g/mol. The second-order valence-corrected chi connectivity index (χ2v) is 6.26. The van der Waals surface area contributed by atoms with E-state index in [0.717, 1.165) is 24.0 Å². The maximum absolute atomic E-state index is 12.0. The largest absolute Gasteiger partial charge is 0.478 e. The van der Waals surface area contributed by atoms with Gasteiger partial charge in [-0.2, -0.15) is 0 Å². The molecule has 0 amide bonds. The summed E-state index contributed by atoms with van der Waals surface area (Å²) in [4.78, 5) is 22.8. The normalized spacial score (nSPS) is 9.96. The summed E-state index contributed by atoms with van der Waals surface area (Å²) in [5, 5.41) is 8.88. The number of hydrogen-bond acceptors (Lipinski definition) is 3. The first-order valence-corrected chi connectivity index (χ1v) is 9.22. The molecule has 4 nitrogen and oxygen atoms in total. The van der Waals surface area contributed by atoms with Crippen LogP contribution in [0.2, 0.25) is 0 Å². The molecular weight excluding hydrogens is 340 g/mol. The van der Waals surface area contributed by atoms with Gasteiger partial charge in [-0.15, -0.1) is 0 Å². The van der Waals surface area contributed by atoms with Gasteiger partial charge in [0.05, 0.1) is 17.7 Å². The maximum Gasteiger partial charge on any atom is 0.338 e. The fourth-order valence-electron chi connectivity index (χ4n) is 2.48. The van der Waals surface area contributed by atoms with Crippen molar-refractivity contribution in [1.82, 2.24) is 0 Å². The smallest absolute Gasteiger partial charge is 0.338 e. The lowest BCUT2D eigenvalue weighted by molar-refractivity contribution is 0.0497. The summed E-state index contributed by atoms with van der Waals surface area (Å²) in [5.41, 5.74) is 2.24. The van der Waals surface area contributed by atoms with Gasteiger partial charge >= 0.3 is 11.9 Å². The summed E-state index contributed by atoms with van der Waals surface area (Å²) >= 11 is 0. The van der Waals surface area contributed by atoms with E-state index in [-0.39, 0.29) is 11.5 Å². The molecule has 0 saturated carbocycles. The zero-order chi connectivity index (χ0) is 19.5. The van der Waals surface area contributed by atoms with Gasteiger partial charge in [0, 0.05) is 11.1 Å². The first-order valence-electron chi connectivity index (χ1n) is 9.22. The highest BCUT2D eigenvalue weighted by molar-refractivity contribution is 5.89. The maximum atomic E-state index is 12.0. The van der Waals surface area contributed by atoms with Crippen LogP contribution in [0.25, 0.3) is 0 Å². The number of carboxylic acids is 1. The number of aromatic carboxylic acids is 1. The van der Waals surface area contributed by atoms with Crippen molar-refractivity contribution in [2.45, 2.75) is 39.0 Å². The first-order chi connectivity index (χ1) is 13.1. The van der Waals surface area contributed by atoms with E-state index in [1.54, 1.807) is 36.4 Å². The minimum absolute atomic E-state index is 0.230. The summed E-state index contributed by atoms with van der Waals surface area (Å²) in [7, 11) is 0. The van der Waals surface area contributed by atoms with Gasteiger partial charge in [0.1, 0.15) is 0 Å². The molecule has 4 heteroatoms. The van der Waals surface area contributed by atoms with Gasteiger partial charge < -0.3 is 9.84 Å². The molecule has 0 atom stereocenters. The highest BCUT2D eigenvalue weighted by atomic mass is 16.5. The van der Waals surface area contributed by atoms with Gasteiger partial charge in [-0.25, -0.2) is 9.59 Å². The van der Waals surface area contributed by atoms with E-state index >= 15 is 0 Å². The summed E-state index contributed by atoms with van der Waals surface area (Å²) in [6.07, 6.45) is 5.59. The number of rotatable bonds is 8. The molecule has 0 saturated heterocycles. The topological polar surface area (TPSA) is 63.6 Å². The van der Waals surface area contributed by atoms with Crippen LogP contribution in [0.1, 0.15) is 70.9 Å². The molecule has 27 heavy (non-hydrogen) atoms. The Morgan fingerprint density at radius 2 is 1.33 bits per heavy atom. The lowest BCUT2D eigenvalue weighted by Crippen LogP contribution is -2.06. The van der Waals surface area contributed by atoms with Gasteiger partial charge in [0.2, 0.25) is 0 Å². The predicted molar refractivity (Wildman–Crippen MR) is 105 cm³/mol. The van der Waals surface area contributed by atoms with Gasteiger partial charge in [-0.05, 0) is 55.0 Å². The van der Waals surface area contributed by atoms with E-state index in [2.05, 4.69) is 18.8 Å². The van der Waals surface area contributed by atoms with Gasteiger partial charge in [0.15, 0.2) is 0 Å². The van der Waals surface area contributed by atoms with Gasteiger partial charge in [-0.1, -0.05) is 44.4 Å². The molecule has 0 aliphatic carbocycles. The fourth-order valence-corrected chi connectivity index (χ4v) is 2.48. The fraction of sp³-hybridized carbons (Fsp3) is 0.304. The van der Waals surface area contributed by atoms with Crippen LogP contribution in [0.5, 0.6) is 0 Å².